The molecule has 1 aromatic carbocycles. The van der Waals surface area contributed by atoms with E-state index in [9.17, 15) is 13.2 Å². The smallest absolute Gasteiger partial charge is 0.220 e. The number of aromatic nitrogens is 1. The highest BCUT2D eigenvalue weighted by molar-refractivity contribution is 5.64. The molecule has 2 aromatic rings. The summed E-state index contributed by atoms with van der Waals surface area (Å²) >= 11 is 0. The first-order valence-electron chi connectivity index (χ1n) is 4.83. The van der Waals surface area contributed by atoms with Crippen LogP contribution in [-0.4, -0.2) is 10.1 Å². The lowest BCUT2D eigenvalue weighted by molar-refractivity contribution is 0.281. The minimum absolute atomic E-state index is 0.173. The largest absolute Gasteiger partial charge is 0.392 e. The number of pyridine rings is 1. The van der Waals surface area contributed by atoms with Crippen LogP contribution in [0.5, 0.6) is 0 Å². The molecule has 2 nitrogen and oxygen atoms in total. The first-order valence-corrected chi connectivity index (χ1v) is 4.83. The highest BCUT2D eigenvalue weighted by Gasteiger charge is 2.14. The number of rotatable bonds is 2. The highest BCUT2D eigenvalue weighted by Crippen LogP contribution is 2.26. The van der Waals surface area contributed by atoms with Gasteiger partial charge in [-0.15, -0.1) is 0 Å². The molecule has 1 heterocycles. The second-order valence-corrected chi connectivity index (χ2v) is 3.44. The van der Waals surface area contributed by atoms with Crippen molar-refractivity contribution in [2.45, 2.75) is 6.61 Å². The lowest BCUT2D eigenvalue weighted by atomic mass is 10.0. The summed E-state index contributed by atoms with van der Waals surface area (Å²) in [4.78, 5) is 3.38. The number of benzene rings is 1. The van der Waals surface area contributed by atoms with Crippen LogP contribution in [0.25, 0.3) is 11.1 Å². The van der Waals surface area contributed by atoms with E-state index in [0.717, 1.165) is 12.3 Å². The van der Waals surface area contributed by atoms with Crippen molar-refractivity contribution >= 4 is 0 Å². The third-order valence-electron chi connectivity index (χ3n) is 2.32. The van der Waals surface area contributed by atoms with E-state index in [2.05, 4.69) is 4.98 Å². The Balaban J connectivity index is 2.63. The van der Waals surface area contributed by atoms with Crippen LogP contribution in [0, 0.1) is 17.6 Å². The molecule has 0 saturated heterocycles. The van der Waals surface area contributed by atoms with E-state index in [4.69, 9.17) is 5.11 Å². The molecule has 0 saturated carbocycles. The Labute approximate surface area is 95.4 Å². The number of aliphatic hydroxyl groups excluding tert-OH is 1. The van der Waals surface area contributed by atoms with Crippen LogP contribution in [0.2, 0.25) is 0 Å². The molecule has 0 aliphatic heterocycles. The van der Waals surface area contributed by atoms with E-state index in [-0.39, 0.29) is 17.7 Å². The van der Waals surface area contributed by atoms with E-state index < -0.39 is 17.6 Å². The molecule has 17 heavy (non-hydrogen) atoms. The van der Waals surface area contributed by atoms with Gasteiger partial charge in [-0.2, -0.15) is 4.39 Å². The van der Waals surface area contributed by atoms with E-state index >= 15 is 0 Å². The maximum Gasteiger partial charge on any atom is 0.220 e. The number of aliphatic hydroxyl groups is 1. The van der Waals surface area contributed by atoms with Gasteiger partial charge >= 0.3 is 0 Å². The number of hydrogen-bond donors (Lipinski definition) is 1. The van der Waals surface area contributed by atoms with Crippen LogP contribution in [0.15, 0.2) is 30.5 Å². The minimum atomic E-state index is -1.14. The fraction of sp³-hybridized carbons (Fsp3) is 0.0833. The Morgan fingerprint density at radius 2 is 1.88 bits per heavy atom. The quantitative estimate of drug-likeness (QED) is 0.817. The molecule has 0 unspecified atom stereocenters. The van der Waals surface area contributed by atoms with Gasteiger partial charge in [-0.3, -0.25) is 0 Å². The molecular weight excluding hydrogens is 231 g/mol. The first kappa shape index (κ1) is 11.6. The second kappa shape index (κ2) is 4.55. The van der Waals surface area contributed by atoms with Crippen molar-refractivity contribution in [2.24, 2.45) is 0 Å². The normalized spacial score (nSPS) is 10.6. The zero-order valence-electron chi connectivity index (χ0n) is 8.62. The fourth-order valence-electron chi connectivity index (χ4n) is 1.48. The highest BCUT2D eigenvalue weighted by atomic mass is 19.2. The van der Waals surface area contributed by atoms with Gasteiger partial charge in [-0.1, -0.05) is 12.1 Å². The van der Waals surface area contributed by atoms with E-state index in [1.165, 1.54) is 18.2 Å². The average molecular weight is 239 g/mol. The molecule has 1 aromatic heterocycles. The number of halogens is 3. The zero-order valence-corrected chi connectivity index (χ0v) is 8.62. The maximum absolute atomic E-state index is 13.5. The van der Waals surface area contributed by atoms with E-state index in [1.54, 1.807) is 0 Å². The monoisotopic (exact) mass is 239 g/mol. The molecule has 0 aliphatic carbocycles. The van der Waals surface area contributed by atoms with Crippen molar-refractivity contribution in [3.05, 3.63) is 53.6 Å². The van der Waals surface area contributed by atoms with Gasteiger partial charge < -0.3 is 5.11 Å². The molecular formula is C12H8F3NO. The molecule has 1 N–H and O–H groups in total. The summed E-state index contributed by atoms with van der Waals surface area (Å²) in [6.45, 7) is -0.350. The van der Waals surface area contributed by atoms with Crippen molar-refractivity contribution in [2.75, 3.05) is 0 Å². The zero-order chi connectivity index (χ0) is 12.4. The van der Waals surface area contributed by atoms with Gasteiger partial charge in [0.2, 0.25) is 5.95 Å². The van der Waals surface area contributed by atoms with Crippen molar-refractivity contribution in [1.82, 2.24) is 4.98 Å². The third-order valence-corrected chi connectivity index (χ3v) is 2.32. The first-order chi connectivity index (χ1) is 8.13. The van der Waals surface area contributed by atoms with Gasteiger partial charge in [-0.25, -0.2) is 13.8 Å². The number of nitrogens with zero attached hydrogens (tertiary/aromatic N) is 1. The van der Waals surface area contributed by atoms with Gasteiger partial charge in [-0.05, 0) is 17.7 Å². The van der Waals surface area contributed by atoms with Crippen LogP contribution < -0.4 is 0 Å². The molecule has 2 rings (SSSR count). The lowest BCUT2D eigenvalue weighted by Crippen LogP contribution is -1.96. The Kier molecular flexibility index (Phi) is 3.10. The average Bonchev–Trinajstić information content (AvgIpc) is 2.34. The molecule has 0 fully saturated rings. The van der Waals surface area contributed by atoms with E-state index in [1.807, 2.05) is 0 Å². The van der Waals surface area contributed by atoms with Gasteiger partial charge in [0.25, 0.3) is 0 Å². The summed E-state index contributed by atoms with van der Waals surface area (Å²) in [6.07, 6.45) is 1.13. The van der Waals surface area contributed by atoms with Crippen LogP contribution in [0.3, 0.4) is 0 Å². The predicted molar refractivity (Wildman–Crippen MR) is 55.5 cm³/mol. The van der Waals surface area contributed by atoms with Crippen molar-refractivity contribution in [3.8, 4) is 11.1 Å². The summed E-state index contributed by atoms with van der Waals surface area (Å²) in [5.41, 5.74) is -0.0658. The molecule has 0 spiro atoms. The van der Waals surface area contributed by atoms with Gasteiger partial charge in [0.05, 0.1) is 6.61 Å². The molecule has 0 radical (unpaired) electrons. The molecule has 0 amide bonds. The summed E-state index contributed by atoms with van der Waals surface area (Å²) in [5, 5.41) is 8.89. The summed E-state index contributed by atoms with van der Waals surface area (Å²) in [5.74, 6) is -3.11. The van der Waals surface area contributed by atoms with Crippen molar-refractivity contribution < 1.29 is 18.3 Å². The molecule has 5 heteroatoms. The van der Waals surface area contributed by atoms with E-state index in [0.29, 0.717) is 5.56 Å². The summed E-state index contributed by atoms with van der Waals surface area (Å²) < 4.78 is 39.9. The second-order valence-electron chi connectivity index (χ2n) is 3.44. The van der Waals surface area contributed by atoms with Gasteiger partial charge in [0.15, 0.2) is 11.6 Å². The van der Waals surface area contributed by atoms with Crippen molar-refractivity contribution in [3.63, 3.8) is 0 Å². The lowest BCUT2D eigenvalue weighted by Gasteiger charge is -2.06. The Hall–Kier alpha value is -1.88. The minimum Gasteiger partial charge on any atom is -0.392 e. The molecule has 0 atom stereocenters. The standard InChI is InChI=1S/C12H8F3NO/c13-10-3-1-2-8(11(10)14)9-4-7(6-17)5-16-12(9)15/h1-5,17H,6H2. The third kappa shape index (κ3) is 2.14. The van der Waals surface area contributed by atoms with Crippen LogP contribution in [0.1, 0.15) is 5.56 Å². The summed E-state index contributed by atoms with van der Waals surface area (Å²) in [6, 6.07) is 4.71. The predicted octanol–water partition coefficient (Wildman–Crippen LogP) is 2.66. The fourth-order valence-corrected chi connectivity index (χ4v) is 1.48. The van der Waals surface area contributed by atoms with Crippen LogP contribution in [0.4, 0.5) is 13.2 Å². The van der Waals surface area contributed by atoms with Crippen LogP contribution >= 0.6 is 0 Å². The van der Waals surface area contributed by atoms with Crippen LogP contribution in [-0.2, 0) is 6.61 Å². The summed E-state index contributed by atoms with van der Waals surface area (Å²) in [7, 11) is 0. The Bertz CT molecular complexity index is 557. The molecule has 0 bridgehead atoms. The SMILES string of the molecule is OCc1cnc(F)c(-c2cccc(F)c2F)c1. The Morgan fingerprint density at radius 1 is 1.12 bits per heavy atom. The van der Waals surface area contributed by atoms with Gasteiger partial charge in [0, 0.05) is 17.3 Å². The van der Waals surface area contributed by atoms with Crippen molar-refractivity contribution in [1.29, 1.82) is 0 Å². The molecule has 0 aliphatic rings. The Morgan fingerprint density at radius 3 is 2.59 bits per heavy atom. The molecule has 88 valence electrons. The topological polar surface area (TPSA) is 33.1 Å². The maximum atomic E-state index is 13.5. The number of hydrogen-bond acceptors (Lipinski definition) is 2. The van der Waals surface area contributed by atoms with Gasteiger partial charge in [0.1, 0.15) is 0 Å².